The molecule has 1 amide bonds. The molecule has 1 aliphatic rings. The summed E-state index contributed by atoms with van der Waals surface area (Å²) < 4.78 is 6.33. The van der Waals surface area contributed by atoms with Gasteiger partial charge in [0.15, 0.2) is 0 Å². The van der Waals surface area contributed by atoms with E-state index < -0.39 is 22.8 Å². The standard InChI is InChI=1S/C39H35N2O5PS/c1-39(26-36(48)30-16-6-2-7-17-30)27-37(42)40(39)29-47(32-19-8-3-9-20-32,33-21-10-4-11-22-33,34-23-12-5-13-24-34)38(43)46-28-31-18-14-15-25-35(31)41(44)45/h2-25H,26-29H2,1H3. The van der Waals surface area contributed by atoms with Gasteiger partial charge in [-0.15, -0.1) is 0 Å². The van der Waals surface area contributed by atoms with E-state index in [0.29, 0.717) is 6.42 Å². The molecule has 1 heterocycles. The summed E-state index contributed by atoms with van der Waals surface area (Å²) in [5.74, 6) is -0.0864. The van der Waals surface area contributed by atoms with Crippen molar-refractivity contribution in [2.45, 2.75) is 31.9 Å². The van der Waals surface area contributed by atoms with Crippen LogP contribution in [-0.4, -0.2) is 38.1 Å². The summed E-state index contributed by atoms with van der Waals surface area (Å²) in [5, 5.41) is 14.1. The monoisotopic (exact) mass is 674 g/mol. The molecule has 1 saturated heterocycles. The van der Waals surface area contributed by atoms with Gasteiger partial charge in [-0.05, 0) is 0 Å². The Balaban J connectivity index is 1.57. The summed E-state index contributed by atoms with van der Waals surface area (Å²) in [5.41, 5.74) is -0.146. The predicted octanol–water partition coefficient (Wildman–Crippen LogP) is 7.52. The zero-order chi connectivity index (χ0) is 33.8. The van der Waals surface area contributed by atoms with Gasteiger partial charge in [-0.25, -0.2) is 0 Å². The van der Waals surface area contributed by atoms with Crippen molar-refractivity contribution in [1.29, 1.82) is 0 Å². The van der Waals surface area contributed by atoms with Gasteiger partial charge in [-0.2, -0.15) is 0 Å². The molecule has 0 saturated carbocycles. The number of benzene rings is 5. The summed E-state index contributed by atoms with van der Waals surface area (Å²) in [6, 6.07) is 44.6. The summed E-state index contributed by atoms with van der Waals surface area (Å²) in [4.78, 5) is 43.4. The van der Waals surface area contributed by atoms with E-state index in [1.165, 1.54) is 6.07 Å². The molecule has 5 aromatic rings. The summed E-state index contributed by atoms with van der Waals surface area (Å²) in [6.07, 6.45) is 0.746. The van der Waals surface area contributed by atoms with Gasteiger partial charge in [-0.1, -0.05) is 0 Å². The first-order chi connectivity index (χ1) is 23.2. The Morgan fingerprint density at radius 1 is 0.792 bits per heavy atom. The molecule has 1 fully saturated rings. The maximum atomic E-state index is 15.6. The topological polar surface area (TPSA) is 89.8 Å². The second kappa shape index (κ2) is 13.2. The number of carbonyl (C=O) groups excluding carboxylic acids is 2. The average molecular weight is 675 g/mol. The normalized spacial score (nSPS) is 16.6. The molecular weight excluding hydrogens is 639 g/mol. The number of β-lactam (4-membered cyclic amide) rings is 1. The number of carbonyl (C=O) groups is 2. The molecule has 0 aromatic heterocycles. The number of thiocarbonyl (C=S) groups is 1. The van der Waals surface area contributed by atoms with Crippen LogP contribution in [-0.2, 0) is 16.1 Å². The van der Waals surface area contributed by atoms with Gasteiger partial charge in [0, 0.05) is 0 Å². The molecule has 0 N–H and O–H groups in total. The van der Waals surface area contributed by atoms with Crippen LogP contribution in [0.15, 0.2) is 146 Å². The van der Waals surface area contributed by atoms with Gasteiger partial charge >= 0.3 is 286 Å². The van der Waals surface area contributed by atoms with E-state index in [-0.39, 0.29) is 36.5 Å². The van der Waals surface area contributed by atoms with E-state index >= 15 is 4.79 Å². The molecule has 9 heteroatoms. The van der Waals surface area contributed by atoms with Crippen LogP contribution in [0, 0.1) is 10.1 Å². The molecule has 1 aliphatic heterocycles. The van der Waals surface area contributed by atoms with E-state index in [0.717, 1.165) is 26.3 Å². The fourth-order valence-corrected chi connectivity index (χ4v) is 13.4. The van der Waals surface area contributed by atoms with Crippen molar-refractivity contribution in [2.24, 2.45) is 0 Å². The Kier molecular flexibility index (Phi) is 9.06. The van der Waals surface area contributed by atoms with Gasteiger partial charge < -0.3 is 0 Å². The van der Waals surface area contributed by atoms with Crippen LogP contribution < -0.4 is 15.9 Å². The molecule has 7 nitrogen and oxygen atoms in total. The first-order valence-corrected chi connectivity index (χ1v) is 18.5. The van der Waals surface area contributed by atoms with Gasteiger partial charge in [-0.3, -0.25) is 0 Å². The van der Waals surface area contributed by atoms with Gasteiger partial charge in [0.25, 0.3) is 0 Å². The van der Waals surface area contributed by atoms with E-state index in [1.54, 1.807) is 18.2 Å². The van der Waals surface area contributed by atoms with Crippen molar-refractivity contribution in [3.05, 3.63) is 167 Å². The third-order valence-corrected chi connectivity index (χ3v) is 15.9. The van der Waals surface area contributed by atoms with Crippen LogP contribution >= 0.6 is 18.8 Å². The fourth-order valence-electron chi connectivity index (χ4n) is 6.92. The number of nitrogens with zero attached hydrogens (tertiary/aromatic N) is 2. The fraction of sp³-hybridized carbons (Fsp3) is 0.154. The summed E-state index contributed by atoms with van der Waals surface area (Å²) >= 11 is 5.92. The number of nitro benzene ring substituents is 1. The molecule has 1 unspecified atom stereocenters. The predicted molar refractivity (Wildman–Crippen MR) is 196 cm³/mol. The first kappa shape index (κ1) is 32.9. The third kappa shape index (κ3) is 5.51. The minimum absolute atomic E-state index is 0.0338. The van der Waals surface area contributed by atoms with E-state index in [4.69, 9.17) is 17.0 Å². The van der Waals surface area contributed by atoms with Crippen LogP contribution in [0.3, 0.4) is 0 Å². The molecule has 0 radical (unpaired) electrons. The SMILES string of the molecule is CC1(CC(=S)c2ccccc2)CC(=O)N1CP(C(=O)OCc1ccccc1[N+](=O)[O-])(c1ccccc1)(c1ccccc1)c1ccccc1. The number of hydrogen-bond donors (Lipinski definition) is 0. The van der Waals surface area contributed by atoms with Crippen molar-refractivity contribution < 1.29 is 19.2 Å². The van der Waals surface area contributed by atoms with Crippen LogP contribution in [0.25, 0.3) is 0 Å². The number of para-hydroxylation sites is 1. The van der Waals surface area contributed by atoms with Crippen molar-refractivity contribution >= 4 is 56.9 Å². The zero-order valence-electron chi connectivity index (χ0n) is 26.5. The van der Waals surface area contributed by atoms with Crippen LogP contribution in [0.1, 0.15) is 30.9 Å². The summed E-state index contributed by atoms with van der Waals surface area (Å²) in [6.45, 7) is -2.78. The Labute approximate surface area is 285 Å². The molecule has 6 rings (SSSR count). The molecule has 48 heavy (non-hydrogen) atoms. The van der Waals surface area contributed by atoms with E-state index in [9.17, 15) is 14.9 Å². The Bertz CT molecular complexity index is 1880. The zero-order valence-corrected chi connectivity index (χ0v) is 28.2. The van der Waals surface area contributed by atoms with Crippen molar-refractivity contribution in [3.63, 3.8) is 0 Å². The Hall–Kier alpha value is -5.04. The molecule has 242 valence electrons. The Morgan fingerprint density at radius 2 is 1.25 bits per heavy atom. The maximum absolute atomic E-state index is 15.6. The van der Waals surface area contributed by atoms with Gasteiger partial charge in [0.2, 0.25) is 0 Å². The van der Waals surface area contributed by atoms with Crippen LogP contribution in [0.4, 0.5) is 10.5 Å². The third-order valence-electron chi connectivity index (χ3n) is 9.47. The van der Waals surface area contributed by atoms with Crippen LogP contribution in [0.2, 0.25) is 0 Å². The molecule has 0 bridgehead atoms. The Morgan fingerprint density at radius 3 is 1.73 bits per heavy atom. The number of amides is 1. The van der Waals surface area contributed by atoms with Crippen LogP contribution in [0.5, 0.6) is 0 Å². The number of likely N-dealkylation sites (tertiary alicyclic amines) is 1. The number of rotatable bonds is 12. The van der Waals surface area contributed by atoms with Crippen molar-refractivity contribution in [1.82, 2.24) is 4.90 Å². The molecule has 5 aromatic carbocycles. The quantitative estimate of drug-likeness (QED) is 0.0340. The molecule has 0 spiro atoms. The average Bonchev–Trinajstić information content (AvgIpc) is 3.13. The minimum atomic E-state index is -4.48. The molecule has 0 aliphatic carbocycles. The number of hydrogen-bond acceptors (Lipinski definition) is 6. The molecular formula is C39H35N2O5PS. The van der Waals surface area contributed by atoms with E-state index in [2.05, 4.69) is 0 Å². The molecule has 1 atom stereocenters. The van der Waals surface area contributed by atoms with Gasteiger partial charge in [0.05, 0.1) is 0 Å². The van der Waals surface area contributed by atoms with Gasteiger partial charge in [0.1, 0.15) is 0 Å². The van der Waals surface area contributed by atoms with Crippen molar-refractivity contribution in [3.8, 4) is 0 Å². The summed E-state index contributed by atoms with van der Waals surface area (Å²) in [7, 11) is 0. The van der Waals surface area contributed by atoms with E-state index in [1.807, 2.05) is 133 Å². The van der Waals surface area contributed by atoms with Crippen molar-refractivity contribution in [2.75, 3.05) is 6.29 Å². The second-order valence-electron chi connectivity index (χ2n) is 12.4. The number of ether oxygens (including phenoxy) is 1. The first-order valence-electron chi connectivity index (χ1n) is 15.7. The second-order valence-corrected chi connectivity index (χ2v) is 17.6. The number of nitro groups is 1.